The van der Waals surface area contributed by atoms with Crippen LogP contribution in [0.5, 0.6) is 0 Å². The highest BCUT2D eigenvalue weighted by atomic mass is 35.5. The van der Waals surface area contributed by atoms with Gasteiger partial charge in [0.05, 0.1) is 17.3 Å². The molecule has 0 aliphatic carbocycles. The van der Waals surface area contributed by atoms with E-state index in [-0.39, 0.29) is 34.7 Å². The number of amides is 2. The van der Waals surface area contributed by atoms with Gasteiger partial charge >= 0.3 is 6.18 Å². The van der Waals surface area contributed by atoms with Gasteiger partial charge in [0.2, 0.25) is 5.91 Å². The summed E-state index contributed by atoms with van der Waals surface area (Å²) in [6, 6.07) is 4.04. The minimum Gasteiger partial charge on any atom is -0.382 e. The van der Waals surface area contributed by atoms with Crippen LogP contribution in [0.15, 0.2) is 36.7 Å². The Hall–Kier alpha value is -4.26. The van der Waals surface area contributed by atoms with Gasteiger partial charge in [0.25, 0.3) is 5.91 Å². The lowest BCUT2D eigenvalue weighted by atomic mass is 9.92. The molecule has 3 aromatic heterocycles. The summed E-state index contributed by atoms with van der Waals surface area (Å²) < 4.78 is 56.3. The molecule has 3 N–H and O–H groups in total. The molecule has 6 rings (SSSR count). The van der Waals surface area contributed by atoms with E-state index in [0.717, 1.165) is 37.6 Å². The number of aromatic nitrogens is 4. The predicted molar refractivity (Wildman–Crippen MR) is 146 cm³/mol. The van der Waals surface area contributed by atoms with Gasteiger partial charge < -0.3 is 16.0 Å². The van der Waals surface area contributed by atoms with E-state index >= 15 is 4.39 Å². The number of anilines is 2. The quantitative estimate of drug-likeness (QED) is 0.293. The molecule has 14 heteroatoms. The van der Waals surface area contributed by atoms with Crippen molar-refractivity contribution in [3.8, 4) is 11.3 Å². The number of halogens is 5. The molecule has 0 saturated carbocycles. The number of fused-ring (bicyclic) bond motifs is 2. The predicted octanol–water partition coefficient (Wildman–Crippen LogP) is 5.61. The molecule has 0 unspecified atom stereocenters. The van der Waals surface area contributed by atoms with E-state index < -0.39 is 29.0 Å². The lowest BCUT2D eigenvalue weighted by Crippen LogP contribution is -2.41. The van der Waals surface area contributed by atoms with Crippen molar-refractivity contribution in [1.82, 2.24) is 24.3 Å². The monoisotopic (exact) mass is 601 g/mol. The van der Waals surface area contributed by atoms with E-state index in [4.69, 9.17) is 22.3 Å². The summed E-state index contributed by atoms with van der Waals surface area (Å²) in [5, 5.41) is 2.47. The van der Waals surface area contributed by atoms with Crippen LogP contribution in [0.3, 0.4) is 0 Å². The van der Waals surface area contributed by atoms with Crippen LogP contribution in [0.1, 0.15) is 58.9 Å². The second-order valence-corrected chi connectivity index (χ2v) is 10.9. The number of benzene rings is 1. The third-order valence-electron chi connectivity index (χ3n) is 7.90. The van der Waals surface area contributed by atoms with Crippen molar-refractivity contribution in [1.29, 1.82) is 0 Å². The number of rotatable bonds is 4. The number of pyridine rings is 1. The summed E-state index contributed by atoms with van der Waals surface area (Å²) in [5.41, 5.74) is 6.30. The second-order valence-electron chi connectivity index (χ2n) is 10.5. The number of hydrogen-bond acceptors (Lipinski definition) is 6. The van der Waals surface area contributed by atoms with E-state index in [1.165, 1.54) is 12.3 Å². The van der Waals surface area contributed by atoms with Crippen LogP contribution in [-0.4, -0.2) is 48.7 Å². The number of nitrogens with two attached hydrogens (primary N) is 1. The highest BCUT2D eigenvalue weighted by Crippen LogP contribution is 2.40. The Morgan fingerprint density at radius 3 is 2.71 bits per heavy atom. The number of nitrogens with one attached hydrogen (secondary N) is 1. The fourth-order valence-electron chi connectivity index (χ4n) is 5.84. The summed E-state index contributed by atoms with van der Waals surface area (Å²) >= 11 is 6.57. The van der Waals surface area contributed by atoms with Gasteiger partial charge in [-0.2, -0.15) is 13.2 Å². The molecule has 0 radical (unpaired) electrons. The molecule has 5 heterocycles. The van der Waals surface area contributed by atoms with Crippen LogP contribution in [0.2, 0.25) is 5.15 Å². The van der Waals surface area contributed by atoms with Crippen LogP contribution >= 0.6 is 11.6 Å². The van der Waals surface area contributed by atoms with Gasteiger partial charge in [-0.05, 0) is 56.0 Å². The number of aryl methyl sites for hydroxylation is 1. The number of carbonyl (C=O) groups is 2. The van der Waals surface area contributed by atoms with Crippen LogP contribution < -0.4 is 11.1 Å². The van der Waals surface area contributed by atoms with Gasteiger partial charge in [0, 0.05) is 36.7 Å². The zero-order valence-corrected chi connectivity index (χ0v) is 22.9. The first-order valence-corrected chi connectivity index (χ1v) is 13.6. The number of carbonyl (C=O) groups excluding carboxylic acids is 2. The van der Waals surface area contributed by atoms with Crippen molar-refractivity contribution in [3.05, 3.63) is 70.1 Å². The molecule has 1 aromatic carbocycles. The molecule has 2 aliphatic rings. The molecule has 42 heavy (non-hydrogen) atoms. The molecule has 0 bridgehead atoms. The number of hydrogen-bond donors (Lipinski definition) is 2. The Labute approximate surface area is 241 Å². The fourth-order valence-corrected chi connectivity index (χ4v) is 6.06. The third kappa shape index (κ3) is 4.81. The maximum absolute atomic E-state index is 15.5. The number of nitrogens with zero attached hydrogens (tertiary/aromatic N) is 5. The molecule has 218 valence electrons. The topological polar surface area (TPSA) is 119 Å². The number of nitrogen functional groups attached to an aromatic ring is 1. The minimum absolute atomic E-state index is 0.102. The lowest BCUT2D eigenvalue weighted by molar-refractivity contribution is -0.137. The van der Waals surface area contributed by atoms with Crippen LogP contribution in [0, 0.1) is 12.7 Å². The van der Waals surface area contributed by atoms with E-state index in [9.17, 15) is 22.8 Å². The molecule has 0 spiro atoms. The molecule has 2 atom stereocenters. The first-order valence-electron chi connectivity index (χ1n) is 13.2. The van der Waals surface area contributed by atoms with E-state index in [0.29, 0.717) is 47.2 Å². The molecule has 2 fully saturated rings. The standard InChI is InChI=1S/C28H24ClF4N7O2/c1-13-8-18(27(42)37-21-9-15(6-7-35-21)28(31,32)33)19(30)10-17(13)23-24-25(34)36-11-20(29)40(24)26(38-23)14-2-3-16-4-5-22(41)39(16)12-14/h6-11,14,16H,2-5,12H2,1H3,(H2,34,36)(H,35,37,42)/t14-,16+/m1/s1. The molecule has 2 saturated heterocycles. The van der Waals surface area contributed by atoms with Gasteiger partial charge in [0.1, 0.15) is 39.6 Å². The van der Waals surface area contributed by atoms with E-state index in [1.807, 2.05) is 4.90 Å². The number of imidazole rings is 1. The molecule has 4 aromatic rings. The highest BCUT2D eigenvalue weighted by molar-refractivity contribution is 6.30. The Kier molecular flexibility index (Phi) is 6.79. The summed E-state index contributed by atoms with van der Waals surface area (Å²) in [4.78, 5) is 40.0. The van der Waals surface area contributed by atoms with Crippen molar-refractivity contribution in [2.24, 2.45) is 0 Å². The summed E-state index contributed by atoms with van der Waals surface area (Å²) in [6.45, 7) is 2.11. The Balaban J connectivity index is 1.38. The third-order valence-corrected chi connectivity index (χ3v) is 8.16. The zero-order chi connectivity index (χ0) is 29.9. The lowest BCUT2D eigenvalue weighted by Gasteiger charge is -2.34. The van der Waals surface area contributed by atoms with Crippen molar-refractivity contribution in [3.63, 3.8) is 0 Å². The van der Waals surface area contributed by atoms with Gasteiger partial charge in [-0.1, -0.05) is 11.6 Å². The molecule has 9 nitrogen and oxygen atoms in total. The minimum atomic E-state index is -4.64. The largest absolute Gasteiger partial charge is 0.416 e. The average molecular weight is 602 g/mol. The van der Waals surface area contributed by atoms with Gasteiger partial charge in [0.15, 0.2) is 0 Å². The molecule has 2 aliphatic heterocycles. The summed E-state index contributed by atoms with van der Waals surface area (Å²) in [7, 11) is 0. The first kappa shape index (κ1) is 27.9. The van der Waals surface area contributed by atoms with Crippen molar-refractivity contribution >= 4 is 40.6 Å². The van der Waals surface area contributed by atoms with E-state index in [2.05, 4.69) is 15.3 Å². The normalized spacial score (nSPS) is 18.9. The Morgan fingerprint density at radius 1 is 1.17 bits per heavy atom. The van der Waals surface area contributed by atoms with Gasteiger partial charge in [-0.25, -0.2) is 19.3 Å². The average Bonchev–Trinajstić information content (AvgIpc) is 3.53. The molecular formula is C28H24ClF4N7O2. The summed E-state index contributed by atoms with van der Waals surface area (Å²) in [5.74, 6) is -1.66. The first-order chi connectivity index (χ1) is 19.9. The van der Waals surface area contributed by atoms with Crippen LogP contribution in [-0.2, 0) is 11.0 Å². The van der Waals surface area contributed by atoms with Crippen molar-refractivity contribution in [2.45, 2.75) is 50.7 Å². The van der Waals surface area contributed by atoms with Gasteiger partial charge in [-0.3, -0.25) is 14.0 Å². The summed E-state index contributed by atoms with van der Waals surface area (Å²) in [6.07, 6.45) is 0.595. The number of alkyl halides is 3. The molecular weight excluding hydrogens is 578 g/mol. The highest BCUT2D eigenvalue weighted by Gasteiger charge is 2.39. The maximum atomic E-state index is 15.5. The smallest absolute Gasteiger partial charge is 0.382 e. The Bertz CT molecular complexity index is 1760. The van der Waals surface area contributed by atoms with Crippen LogP contribution in [0.4, 0.5) is 29.2 Å². The van der Waals surface area contributed by atoms with Gasteiger partial charge in [-0.15, -0.1) is 0 Å². The zero-order valence-electron chi connectivity index (χ0n) is 22.2. The van der Waals surface area contributed by atoms with Crippen molar-refractivity contribution < 1.29 is 27.2 Å². The Morgan fingerprint density at radius 2 is 1.95 bits per heavy atom. The molecule has 2 amide bonds. The fraction of sp³-hybridized carbons (Fsp3) is 0.321. The maximum Gasteiger partial charge on any atom is 0.416 e. The van der Waals surface area contributed by atoms with E-state index in [1.54, 1.807) is 11.3 Å². The SMILES string of the molecule is Cc1cc(C(=O)Nc2cc(C(F)(F)F)ccn2)c(F)cc1-c1nc([C@@H]2CC[C@H]3CCC(=O)N3C2)n2c(Cl)cnc(N)c12. The van der Waals surface area contributed by atoms with Crippen LogP contribution in [0.25, 0.3) is 16.8 Å². The van der Waals surface area contributed by atoms with Crippen molar-refractivity contribution in [2.75, 3.05) is 17.6 Å². The second kappa shape index (κ2) is 10.2. The number of piperidine rings is 1.